The zero-order valence-corrected chi connectivity index (χ0v) is 14.5. The van der Waals surface area contributed by atoms with Crippen LogP contribution in [0.1, 0.15) is 6.92 Å². The summed E-state index contributed by atoms with van der Waals surface area (Å²) in [7, 11) is 0. The van der Waals surface area contributed by atoms with Gasteiger partial charge in [-0.1, -0.05) is 23.4 Å². The summed E-state index contributed by atoms with van der Waals surface area (Å²) in [4.78, 5) is 12.3. The minimum atomic E-state index is -0.552. The van der Waals surface area contributed by atoms with Crippen molar-refractivity contribution in [3.63, 3.8) is 0 Å². The van der Waals surface area contributed by atoms with Crippen LogP contribution in [0.25, 0.3) is 11.6 Å². The molecule has 0 unspecified atom stereocenters. The molecule has 0 bridgehead atoms. The van der Waals surface area contributed by atoms with Crippen molar-refractivity contribution >= 4 is 35.0 Å². The Kier molecular flexibility index (Phi) is 4.95. The molecule has 25 heavy (non-hydrogen) atoms. The summed E-state index contributed by atoms with van der Waals surface area (Å²) in [5, 5.41) is 10.3. The molecule has 0 radical (unpaired) electrons. The van der Waals surface area contributed by atoms with Crippen molar-refractivity contribution in [2.45, 2.75) is 17.3 Å². The van der Waals surface area contributed by atoms with Gasteiger partial charge in [-0.15, -0.1) is 10.2 Å². The van der Waals surface area contributed by atoms with Crippen molar-refractivity contribution in [2.75, 3.05) is 11.2 Å². The van der Waals surface area contributed by atoms with E-state index in [2.05, 4.69) is 15.5 Å². The van der Waals surface area contributed by atoms with E-state index < -0.39 is 11.1 Å². The zero-order chi connectivity index (χ0) is 18.0. The summed E-state index contributed by atoms with van der Waals surface area (Å²) in [5.74, 6) is 5.91. The van der Waals surface area contributed by atoms with Gasteiger partial charge in [0.25, 0.3) is 0 Å². The largest absolute Gasteiger partial charge is 0.461 e. The van der Waals surface area contributed by atoms with Gasteiger partial charge in [0.05, 0.1) is 16.5 Å². The van der Waals surface area contributed by atoms with Crippen molar-refractivity contribution in [2.24, 2.45) is 0 Å². The molecule has 0 aliphatic rings. The number of nitrogens with two attached hydrogens (primary N) is 1. The molecule has 1 amide bonds. The highest BCUT2D eigenvalue weighted by Gasteiger charge is 2.21. The first-order chi connectivity index (χ1) is 12.0. The van der Waals surface area contributed by atoms with Gasteiger partial charge in [0.15, 0.2) is 5.76 Å². The molecule has 3 aromatic rings. The first kappa shape index (κ1) is 17.3. The number of nitrogens with one attached hydrogen (secondary N) is 1. The molecule has 3 rings (SSSR count). The van der Waals surface area contributed by atoms with Gasteiger partial charge in [-0.05, 0) is 37.3 Å². The fraction of sp³-hybridized carbons (Fsp3) is 0.133. The quantitative estimate of drug-likeness (QED) is 0.520. The molecule has 2 heterocycles. The number of thioether (sulfide) groups is 1. The van der Waals surface area contributed by atoms with Crippen LogP contribution < -0.4 is 11.2 Å². The molecular weight excluding hydrogens is 369 g/mol. The van der Waals surface area contributed by atoms with E-state index in [0.717, 1.165) is 11.8 Å². The average Bonchev–Trinajstić information content (AvgIpc) is 3.21. The molecule has 0 fully saturated rings. The average molecular weight is 382 g/mol. The van der Waals surface area contributed by atoms with E-state index in [4.69, 9.17) is 21.9 Å². The van der Waals surface area contributed by atoms with E-state index in [0.29, 0.717) is 22.4 Å². The molecule has 3 N–H and O–H groups in total. The zero-order valence-electron chi connectivity index (χ0n) is 12.9. The lowest BCUT2D eigenvalue weighted by molar-refractivity contribution is -0.115. The van der Waals surface area contributed by atoms with E-state index in [-0.39, 0.29) is 10.9 Å². The van der Waals surface area contributed by atoms with E-state index in [9.17, 15) is 9.18 Å². The Morgan fingerprint density at radius 2 is 2.24 bits per heavy atom. The minimum absolute atomic E-state index is 0.0668. The lowest BCUT2D eigenvalue weighted by Crippen LogP contribution is -2.23. The third kappa shape index (κ3) is 3.77. The lowest BCUT2D eigenvalue weighted by atomic mass is 10.3. The Morgan fingerprint density at radius 3 is 2.92 bits per heavy atom. The van der Waals surface area contributed by atoms with Crippen molar-refractivity contribution in [3.8, 4) is 11.6 Å². The third-order valence-electron chi connectivity index (χ3n) is 3.24. The minimum Gasteiger partial charge on any atom is -0.461 e. The van der Waals surface area contributed by atoms with Gasteiger partial charge < -0.3 is 15.6 Å². The van der Waals surface area contributed by atoms with Gasteiger partial charge in [-0.25, -0.2) is 9.07 Å². The summed E-state index contributed by atoms with van der Waals surface area (Å²) >= 11 is 6.83. The van der Waals surface area contributed by atoms with Crippen molar-refractivity contribution in [1.29, 1.82) is 0 Å². The SMILES string of the molecule is C[C@H](Sc1nnc(-c2ccco2)n1N)C(=O)Nc1ccc(F)c(Cl)c1. The van der Waals surface area contributed by atoms with E-state index in [1.807, 2.05) is 0 Å². The lowest BCUT2D eigenvalue weighted by Gasteiger charge is -2.11. The maximum atomic E-state index is 13.2. The predicted octanol–water partition coefficient (Wildman–Crippen LogP) is 3.16. The third-order valence-corrected chi connectivity index (χ3v) is 4.59. The van der Waals surface area contributed by atoms with Crippen LogP contribution in [0, 0.1) is 5.82 Å². The van der Waals surface area contributed by atoms with Crippen LogP contribution in [0.4, 0.5) is 10.1 Å². The number of furan rings is 1. The van der Waals surface area contributed by atoms with Gasteiger partial charge in [0.1, 0.15) is 5.82 Å². The summed E-state index contributed by atoms with van der Waals surface area (Å²) in [5.41, 5.74) is 0.398. The monoisotopic (exact) mass is 381 g/mol. The van der Waals surface area contributed by atoms with Crippen LogP contribution in [0.2, 0.25) is 5.02 Å². The normalized spacial score (nSPS) is 12.1. The highest BCUT2D eigenvalue weighted by Crippen LogP contribution is 2.26. The number of halogens is 2. The van der Waals surface area contributed by atoms with Crippen LogP contribution in [0.15, 0.2) is 46.2 Å². The predicted molar refractivity (Wildman–Crippen MR) is 93.2 cm³/mol. The number of amides is 1. The highest BCUT2D eigenvalue weighted by molar-refractivity contribution is 8.00. The van der Waals surface area contributed by atoms with Crippen LogP contribution in [0.3, 0.4) is 0 Å². The smallest absolute Gasteiger partial charge is 0.237 e. The summed E-state index contributed by atoms with van der Waals surface area (Å²) in [6.45, 7) is 1.69. The molecule has 2 aromatic heterocycles. The number of carbonyl (C=O) groups is 1. The van der Waals surface area contributed by atoms with E-state index in [1.165, 1.54) is 29.1 Å². The number of anilines is 1. The number of hydrogen-bond donors (Lipinski definition) is 2. The Balaban J connectivity index is 1.68. The Hall–Kier alpha value is -2.52. The first-order valence-corrected chi connectivity index (χ1v) is 8.38. The van der Waals surface area contributed by atoms with Crippen LogP contribution in [-0.4, -0.2) is 26.0 Å². The molecule has 0 spiro atoms. The second kappa shape index (κ2) is 7.16. The van der Waals surface area contributed by atoms with Gasteiger partial charge in [0, 0.05) is 5.69 Å². The summed E-state index contributed by atoms with van der Waals surface area (Å²) in [6, 6.07) is 7.36. The standard InChI is InChI=1S/C15H13ClFN5O2S/c1-8(14(23)19-9-4-5-11(17)10(16)7-9)25-15-21-20-13(22(15)18)12-3-2-6-24-12/h2-8H,18H2,1H3,(H,19,23)/t8-/m0/s1. The Labute approximate surface area is 151 Å². The second-order valence-electron chi connectivity index (χ2n) is 5.03. The number of carbonyl (C=O) groups excluding carboxylic acids is 1. The first-order valence-electron chi connectivity index (χ1n) is 7.12. The fourth-order valence-electron chi connectivity index (χ4n) is 1.96. The fourth-order valence-corrected chi connectivity index (χ4v) is 2.91. The molecule has 1 atom stereocenters. The van der Waals surface area contributed by atoms with Gasteiger partial charge in [-0.3, -0.25) is 4.79 Å². The molecule has 1 aromatic carbocycles. The van der Waals surface area contributed by atoms with Gasteiger partial charge in [0.2, 0.25) is 16.9 Å². The Morgan fingerprint density at radius 1 is 1.44 bits per heavy atom. The van der Waals surface area contributed by atoms with Crippen molar-refractivity contribution in [3.05, 3.63) is 47.4 Å². The molecule has 130 valence electrons. The molecule has 7 nitrogen and oxygen atoms in total. The molecule has 10 heteroatoms. The number of nitrogens with zero attached hydrogens (tertiary/aromatic N) is 3. The second-order valence-corrected chi connectivity index (χ2v) is 6.75. The number of nitrogen functional groups attached to an aromatic ring is 1. The van der Waals surface area contributed by atoms with Crippen molar-refractivity contribution in [1.82, 2.24) is 14.9 Å². The summed E-state index contributed by atoms with van der Waals surface area (Å²) < 4.78 is 19.6. The van der Waals surface area contributed by atoms with Gasteiger partial charge >= 0.3 is 0 Å². The molecule has 0 aliphatic heterocycles. The topological polar surface area (TPSA) is 99.0 Å². The van der Waals surface area contributed by atoms with E-state index >= 15 is 0 Å². The molecular formula is C15H13ClFN5O2S. The number of rotatable bonds is 5. The molecule has 0 saturated heterocycles. The number of aromatic nitrogens is 3. The van der Waals surface area contributed by atoms with Gasteiger partial charge in [-0.2, -0.15) is 0 Å². The maximum Gasteiger partial charge on any atom is 0.237 e. The summed E-state index contributed by atoms with van der Waals surface area (Å²) in [6.07, 6.45) is 1.50. The molecule has 0 saturated carbocycles. The number of hydrogen-bond acceptors (Lipinski definition) is 6. The van der Waals surface area contributed by atoms with Crippen molar-refractivity contribution < 1.29 is 13.6 Å². The number of benzene rings is 1. The van der Waals surface area contributed by atoms with Crippen LogP contribution in [0.5, 0.6) is 0 Å². The van der Waals surface area contributed by atoms with Crippen LogP contribution in [-0.2, 0) is 4.79 Å². The van der Waals surface area contributed by atoms with E-state index in [1.54, 1.807) is 19.1 Å². The highest BCUT2D eigenvalue weighted by atomic mass is 35.5. The van der Waals surface area contributed by atoms with Crippen LogP contribution >= 0.6 is 23.4 Å². The maximum absolute atomic E-state index is 13.2. The molecule has 0 aliphatic carbocycles. The Bertz CT molecular complexity index is 899.